The first-order valence-electron chi connectivity index (χ1n) is 9.01. The molecular formula is C22H32O3. The van der Waals surface area contributed by atoms with Crippen molar-refractivity contribution in [3.05, 3.63) is 72.9 Å². The van der Waals surface area contributed by atoms with Gasteiger partial charge in [0.2, 0.25) is 0 Å². The molecular weight excluding hydrogens is 312 g/mol. The van der Waals surface area contributed by atoms with Crippen molar-refractivity contribution in [2.24, 2.45) is 0 Å². The van der Waals surface area contributed by atoms with Crippen LogP contribution in [0.3, 0.4) is 0 Å². The molecule has 138 valence electrons. The van der Waals surface area contributed by atoms with Crippen LogP contribution in [0.1, 0.15) is 51.9 Å². The molecule has 1 atom stereocenters. The summed E-state index contributed by atoms with van der Waals surface area (Å²) in [7, 11) is 0. The standard InChI is InChI=1S/C22H32O3/c1-2-3-4-5-6-7-8-9-10-11-12-13-15-18-21(23)19-16-14-17-20-22(24)25/h3-4,6-7,10-16,18,21,23H,2,5,8-9,17,19-20H2,1H3,(H,24,25)/b4-3-,7-6-,11-10-,13-12+,16-14-,18-15+/t21-/m1/s1. The number of carboxylic acid groups (broad SMARTS) is 1. The smallest absolute Gasteiger partial charge is 0.303 e. The van der Waals surface area contributed by atoms with E-state index in [9.17, 15) is 9.90 Å². The zero-order valence-corrected chi connectivity index (χ0v) is 15.3. The quantitative estimate of drug-likeness (QED) is 0.248. The van der Waals surface area contributed by atoms with Gasteiger partial charge in [0.15, 0.2) is 0 Å². The fourth-order valence-corrected chi connectivity index (χ4v) is 1.88. The summed E-state index contributed by atoms with van der Waals surface area (Å²) in [6.07, 6.45) is 28.6. The van der Waals surface area contributed by atoms with Crippen LogP contribution in [0.2, 0.25) is 0 Å². The molecule has 0 aliphatic heterocycles. The van der Waals surface area contributed by atoms with Gasteiger partial charge in [-0.3, -0.25) is 4.79 Å². The Labute approximate surface area is 152 Å². The number of unbranched alkanes of at least 4 members (excludes halogenated alkanes) is 1. The van der Waals surface area contributed by atoms with Gasteiger partial charge in [-0.1, -0.05) is 79.8 Å². The van der Waals surface area contributed by atoms with Gasteiger partial charge in [-0.15, -0.1) is 0 Å². The summed E-state index contributed by atoms with van der Waals surface area (Å²) in [6.45, 7) is 2.14. The van der Waals surface area contributed by atoms with Gasteiger partial charge in [0.05, 0.1) is 6.10 Å². The lowest BCUT2D eigenvalue weighted by molar-refractivity contribution is -0.136. The van der Waals surface area contributed by atoms with Crippen molar-refractivity contribution >= 4 is 5.97 Å². The normalized spacial score (nSPS) is 14.3. The van der Waals surface area contributed by atoms with Gasteiger partial charge in [0, 0.05) is 6.42 Å². The van der Waals surface area contributed by atoms with E-state index in [1.807, 2.05) is 30.4 Å². The van der Waals surface area contributed by atoms with E-state index in [-0.39, 0.29) is 6.42 Å². The highest BCUT2D eigenvalue weighted by Gasteiger charge is 1.94. The molecule has 0 saturated heterocycles. The van der Waals surface area contributed by atoms with Gasteiger partial charge < -0.3 is 10.2 Å². The molecule has 25 heavy (non-hydrogen) atoms. The fraction of sp³-hybridized carbons (Fsp3) is 0.409. The molecule has 0 fully saturated rings. The van der Waals surface area contributed by atoms with E-state index in [0.717, 1.165) is 25.7 Å². The maximum Gasteiger partial charge on any atom is 0.303 e. The average Bonchev–Trinajstić information content (AvgIpc) is 2.58. The number of hydrogen-bond acceptors (Lipinski definition) is 2. The number of aliphatic hydroxyl groups excluding tert-OH is 1. The first-order chi connectivity index (χ1) is 12.2. The Bertz CT molecular complexity index is 493. The predicted octanol–water partition coefficient (Wildman–Crippen LogP) is 5.52. The minimum atomic E-state index is -0.802. The zero-order chi connectivity index (χ0) is 18.6. The number of rotatable bonds is 14. The molecule has 0 spiro atoms. The minimum absolute atomic E-state index is 0.128. The number of aliphatic carboxylic acids is 1. The molecule has 2 N–H and O–H groups in total. The lowest BCUT2D eigenvalue weighted by Gasteiger charge is -1.98. The van der Waals surface area contributed by atoms with Gasteiger partial charge >= 0.3 is 5.97 Å². The summed E-state index contributed by atoms with van der Waals surface area (Å²) in [5.74, 6) is -0.802. The summed E-state index contributed by atoms with van der Waals surface area (Å²) in [4.78, 5) is 10.3. The van der Waals surface area contributed by atoms with Crippen molar-refractivity contribution < 1.29 is 15.0 Å². The van der Waals surface area contributed by atoms with Crippen molar-refractivity contribution in [3.63, 3.8) is 0 Å². The number of aliphatic hydroxyl groups is 1. The minimum Gasteiger partial charge on any atom is -0.481 e. The molecule has 0 aromatic rings. The van der Waals surface area contributed by atoms with Crippen molar-refractivity contribution in [2.45, 2.75) is 58.0 Å². The summed E-state index contributed by atoms with van der Waals surface area (Å²) >= 11 is 0. The van der Waals surface area contributed by atoms with Crippen LogP contribution in [0.25, 0.3) is 0 Å². The van der Waals surface area contributed by atoms with E-state index < -0.39 is 12.1 Å². The van der Waals surface area contributed by atoms with E-state index in [1.54, 1.807) is 12.2 Å². The topological polar surface area (TPSA) is 57.5 Å². The summed E-state index contributed by atoms with van der Waals surface area (Å²) in [5, 5.41) is 18.2. The highest BCUT2D eigenvalue weighted by Crippen LogP contribution is 1.99. The van der Waals surface area contributed by atoms with E-state index in [4.69, 9.17) is 5.11 Å². The Morgan fingerprint density at radius 3 is 2.28 bits per heavy atom. The molecule has 0 aromatic carbocycles. The Morgan fingerprint density at radius 2 is 1.52 bits per heavy atom. The monoisotopic (exact) mass is 344 g/mol. The van der Waals surface area contributed by atoms with Gasteiger partial charge in [0.25, 0.3) is 0 Å². The lowest BCUT2D eigenvalue weighted by atomic mass is 10.2. The van der Waals surface area contributed by atoms with Crippen LogP contribution in [-0.2, 0) is 4.79 Å². The van der Waals surface area contributed by atoms with E-state index >= 15 is 0 Å². The SMILES string of the molecule is CC/C=C\C/C=C\CC\C=C/C=C/C=C/[C@@H](O)C/C=C\CCC(=O)O. The van der Waals surface area contributed by atoms with Crippen molar-refractivity contribution in [2.75, 3.05) is 0 Å². The summed E-state index contributed by atoms with van der Waals surface area (Å²) in [5.41, 5.74) is 0. The summed E-state index contributed by atoms with van der Waals surface area (Å²) in [6, 6.07) is 0. The second kappa shape index (κ2) is 18.2. The maximum absolute atomic E-state index is 10.3. The number of carbonyl (C=O) groups is 1. The zero-order valence-electron chi connectivity index (χ0n) is 15.3. The number of allylic oxidation sites excluding steroid dienone is 10. The highest BCUT2D eigenvalue weighted by atomic mass is 16.4. The maximum atomic E-state index is 10.3. The second-order valence-electron chi connectivity index (χ2n) is 5.57. The van der Waals surface area contributed by atoms with Gasteiger partial charge in [-0.2, -0.15) is 0 Å². The third-order valence-electron chi connectivity index (χ3n) is 3.21. The van der Waals surface area contributed by atoms with Crippen LogP contribution in [-0.4, -0.2) is 22.3 Å². The molecule has 0 radical (unpaired) electrons. The van der Waals surface area contributed by atoms with E-state index in [1.165, 1.54) is 0 Å². The average molecular weight is 344 g/mol. The van der Waals surface area contributed by atoms with Crippen LogP contribution in [0.15, 0.2) is 72.9 Å². The Kier molecular flexibility index (Phi) is 16.7. The van der Waals surface area contributed by atoms with Gasteiger partial charge in [-0.05, 0) is 38.5 Å². The van der Waals surface area contributed by atoms with Crippen LogP contribution < -0.4 is 0 Å². The molecule has 0 aliphatic carbocycles. The van der Waals surface area contributed by atoms with Gasteiger partial charge in [0.1, 0.15) is 0 Å². The molecule has 3 heteroatoms. The second-order valence-corrected chi connectivity index (χ2v) is 5.57. The van der Waals surface area contributed by atoms with E-state index in [0.29, 0.717) is 12.8 Å². The molecule has 0 unspecified atom stereocenters. The van der Waals surface area contributed by atoms with Crippen LogP contribution in [0, 0.1) is 0 Å². The molecule has 0 aliphatic rings. The van der Waals surface area contributed by atoms with Crippen molar-refractivity contribution in [3.8, 4) is 0 Å². The largest absolute Gasteiger partial charge is 0.481 e. The van der Waals surface area contributed by atoms with Crippen LogP contribution in [0.5, 0.6) is 0 Å². The van der Waals surface area contributed by atoms with Crippen molar-refractivity contribution in [1.82, 2.24) is 0 Å². The fourth-order valence-electron chi connectivity index (χ4n) is 1.88. The number of hydrogen-bond donors (Lipinski definition) is 2. The third-order valence-corrected chi connectivity index (χ3v) is 3.21. The lowest BCUT2D eigenvalue weighted by Crippen LogP contribution is -1.99. The highest BCUT2D eigenvalue weighted by molar-refractivity contribution is 5.66. The van der Waals surface area contributed by atoms with Crippen LogP contribution >= 0.6 is 0 Å². The third kappa shape index (κ3) is 19.8. The molecule has 0 bridgehead atoms. The van der Waals surface area contributed by atoms with Crippen molar-refractivity contribution in [1.29, 1.82) is 0 Å². The first-order valence-corrected chi connectivity index (χ1v) is 9.01. The molecule has 0 aromatic heterocycles. The van der Waals surface area contributed by atoms with Gasteiger partial charge in [-0.25, -0.2) is 0 Å². The first kappa shape index (κ1) is 22.9. The Hall–Kier alpha value is -2.13. The molecule has 0 rings (SSSR count). The van der Waals surface area contributed by atoms with E-state index in [2.05, 4.69) is 37.3 Å². The summed E-state index contributed by atoms with van der Waals surface area (Å²) < 4.78 is 0. The Balaban J connectivity index is 3.72. The Morgan fingerprint density at radius 1 is 0.840 bits per heavy atom. The van der Waals surface area contributed by atoms with Crippen LogP contribution in [0.4, 0.5) is 0 Å². The number of carboxylic acids is 1. The predicted molar refractivity (Wildman–Crippen MR) is 106 cm³/mol. The molecule has 3 nitrogen and oxygen atoms in total. The molecule has 0 amide bonds. The molecule has 0 saturated carbocycles. The molecule has 0 heterocycles.